The van der Waals surface area contributed by atoms with Gasteiger partial charge in [-0.15, -0.1) is 0 Å². The first-order valence-electron chi connectivity index (χ1n) is 11.3. The number of H-pyrrole nitrogens is 1. The highest BCUT2D eigenvalue weighted by molar-refractivity contribution is 5.98. The van der Waals surface area contributed by atoms with Crippen LogP contribution in [0.4, 0.5) is 0 Å². The van der Waals surface area contributed by atoms with Gasteiger partial charge < -0.3 is 19.2 Å². The molecule has 4 aromatic rings. The average molecular weight is 458 g/mol. The second-order valence-corrected chi connectivity index (χ2v) is 7.74. The van der Waals surface area contributed by atoms with Crippen LogP contribution in [0.3, 0.4) is 0 Å². The van der Waals surface area contributed by atoms with Gasteiger partial charge in [0, 0.05) is 23.0 Å². The molecule has 6 nitrogen and oxygen atoms in total. The Morgan fingerprint density at radius 3 is 2.15 bits per heavy atom. The molecule has 1 aromatic heterocycles. The van der Waals surface area contributed by atoms with Crippen LogP contribution in [-0.2, 0) is 19.1 Å². The fraction of sp³-hybridized carbons (Fsp3) is 0.214. The van der Waals surface area contributed by atoms with Gasteiger partial charge in [0.1, 0.15) is 11.5 Å². The van der Waals surface area contributed by atoms with Crippen molar-refractivity contribution in [2.75, 3.05) is 13.2 Å². The van der Waals surface area contributed by atoms with E-state index in [0.717, 1.165) is 22.0 Å². The van der Waals surface area contributed by atoms with Crippen LogP contribution >= 0.6 is 0 Å². The minimum atomic E-state index is -1.17. The molecule has 0 aliphatic heterocycles. The summed E-state index contributed by atoms with van der Waals surface area (Å²) >= 11 is 0. The Hall–Kier alpha value is -4.06. The van der Waals surface area contributed by atoms with Crippen LogP contribution in [0.5, 0.6) is 11.5 Å². The minimum absolute atomic E-state index is 0.159. The lowest BCUT2D eigenvalue weighted by Crippen LogP contribution is -2.34. The summed E-state index contributed by atoms with van der Waals surface area (Å²) in [6.07, 6.45) is 1.84. The molecule has 3 aromatic carbocycles. The van der Waals surface area contributed by atoms with E-state index >= 15 is 0 Å². The normalized spacial score (nSPS) is 11.9. The van der Waals surface area contributed by atoms with Gasteiger partial charge in [-0.2, -0.15) is 0 Å². The number of carbonyl (C=O) groups is 2. The molecule has 174 valence electrons. The van der Waals surface area contributed by atoms with Crippen molar-refractivity contribution in [1.29, 1.82) is 0 Å². The van der Waals surface area contributed by atoms with Gasteiger partial charge in [0.2, 0.25) is 0 Å². The first-order valence-corrected chi connectivity index (χ1v) is 11.3. The number of carbonyl (C=O) groups excluding carboxylic acids is 2. The monoisotopic (exact) mass is 457 g/mol. The van der Waals surface area contributed by atoms with Crippen LogP contribution in [0, 0.1) is 5.92 Å². The number of benzene rings is 3. The van der Waals surface area contributed by atoms with Crippen molar-refractivity contribution >= 4 is 22.8 Å². The molecule has 0 spiro atoms. The maximum atomic E-state index is 13.1. The number of esters is 2. The first kappa shape index (κ1) is 23.1. The summed E-state index contributed by atoms with van der Waals surface area (Å²) in [6, 6.07) is 24.6. The molecule has 0 aliphatic rings. The van der Waals surface area contributed by atoms with Crippen molar-refractivity contribution < 1.29 is 23.8 Å². The van der Waals surface area contributed by atoms with Crippen LogP contribution in [0.2, 0.25) is 0 Å². The summed E-state index contributed by atoms with van der Waals surface area (Å²) in [5.41, 5.74) is 2.45. The number of para-hydroxylation sites is 2. The third-order valence-corrected chi connectivity index (χ3v) is 5.57. The summed E-state index contributed by atoms with van der Waals surface area (Å²) in [5, 5.41) is 0.917. The van der Waals surface area contributed by atoms with Crippen LogP contribution in [-0.4, -0.2) is 30.1 Å². The molecule has 0 saturated carbocycles. The number of fused-ring (bicyclic) bond motifs is 1. The van der Waals surface area contributed by atoms with E-state index < -0.39 is 23.8 Å². The van der Waals surface area contributed by atoms with Crippen molar-refractivity contribution in [3.8, 4) is 11.5 Å². The summed E-state index contributed by atoms with van der Waals surface area (Å²) < 4.78 is 16.7. The smallest absolute Gasteiger partial charge is 0.321 e. The molecule has 0 aliphatic carbocycles. The predicted molar refractivity (Wildman–Crippen MR) is 130 cm³/mol. The van der Waals surface area contributed by atoms with E-state index in [9.17, 15) is 9.59 Å². The van der Waals surface area contributed by atoms with Crippen LogP contribution in [0.1, 0.15) is 30.9 Å². The lowest BCUT2D eigenvalue weighted by Gasteiger charge is -2.25. The molecule has 4 rings (SSSR count). The molecule has 0 unspecified atom stereocenters. The molecule has 6 heteroatoms. The van der Waals surface area contributed by atoms with E-state index in [1.807, 2.05) is 85.1 Å². The van der Waals surface area contributed by atoms with E-state index in [1.165, 1.54) is 0 Å². The van der Waals surface area contributed by atoms with E-state index in [1.54, 1.807) is 13.8 Å². The Balaban J connectivity index is 1.84. The zero-order chi connectivity index (χ0) is 23.9. The summed E-state index contributed by atoms with van der Waals surface area (Å²) in [6.45, 7) is 3.75. The van der Waals surface area contributed by atoms with E-state index in [0.29, 0.717) is 11.5 Å². The summed E-state index contributed by atoms with van der Waals surface area (Å²) in [7, 11) is 0. The van der Waals surface area contributed by atoms with Gasteiger partial charge in [-0.25, -0.2) is 0 Å². The maximum Gasteiger partial charge on any atom is 0.321 e. The fourth-order valence-corrected chi connectivity index (χ4v) is 4.13. The average Bonchev–Trinajstić information content (AvgIpc) is 3.27. The maximum absolute atomic E-state index is 13.1. The molecular weight excluding hydrogens is 430 g/mol. The second-order valence-electron chi connectivity index (χ2n) is 7.74. The van der Waals surface area contributed by atoms with Gasteiger partial charge in [0.15, 0.2) is 5.92 Å². The Bertz CT molecular complexity index is 1250. The third kappa shape index (κ3) is 4.96. The lowest BCUT2D eigenvalue weighted by atomic mass is 9.80. The van der Waals surface area contributed by atoms with Crippen LogP contribution in [0.25, 0.3) is 10.9 Å². The number of aromatic amines is 1. The van der Waals surface area contributed by atoms with Gasteiger partial charge in [-0.05, 0) is 55.3 Å². The first-order chi connectivity index (χ1) is 16.6. The van der Waals surface area contributed by atoms with Gasteiger partial charge in [-0.1, -0.05) is 48.5 Å². The van der Waals surface area contributed by atoms with Crippen molar-refractivity contribution in [3.05, 3.63) is 96.2 Å². The van der Waals surface area contributed by atoms with Crippen molar-refractivity contribution in [2.24, 2.45) is 5.92 Å². The number of rotatable bonds is 9. The Morgan fingerprint density at radius 2 is 1.44 bits per heavy atom. The third-order valence-electron chi connectivity index (χ3n) is 5.57. The lowest BCUT2D eigenvalue weighted by molar-refractivity contribution is -0.162. The quantitative estimate of drug-likeness (QED) is 0.253. The molecular formula is C28H27NO5. The molecule has 0 saturated heterocycles. The SMILES string of the molecule is CCOC(=O)C(C(=O)OCC)[C@H](c1cccc(Oc2ccccc2)c1)c1c[nH]c2ccccc12. The van der Waals surface area contributed by atoms with Gasteiger partial charge >= 0.3 is 11.9 Å². The largest absolute Gasteiger partial charge is 0.465 e. The van der Waals surface area contributed by atoms with Gasteiger partial charge in [0.25, 0.3) is 0 Å². The number of nitrogens with one attached hydrogen (secondary N) is 1. The summed E-state index contributed by atoms with van der Waals surface area (Å²) in [5.74, 6) is -1.77. The zero-order valence-corrected chi connectivity index (χ0v) is 19.2. The summed E-state index contributed by atoms with van der Waals surface area (Å²) in [4.78, 5) is 29.5. The van der Waals surface area contributed by atoms with Crippen molar-refractivity contribution in [3.63, 3.8) is 0 Å². The highest BCUT2D eigenvalue weighted by Gasteiger charge is 2.40. The minimum Gasteiger partial charge on any atom is -0.465 e. The molecule has 0 bridgehead atoms. The topological polar surface area (TPSA) is 77.6 Å². The molecule has 0 amide bonds. The molecule has 0 radical (unpaired) electrons. The number of hydrogen-bond acceptors (Lipinski definition) is 5. The number of hydrogen-bond donors (Lipinski definition) is 1. The number of ether oxygens (including phenoxy) is 3. The van der Waals surface area contributed by atoms with Gasteiger partial charge in [-0.3, -0.25) is 9.59 Å². The molecule has 34 heavy (non-hydrogen) atoms. The van der Waals surface area contributed by atoms with Crippen molar-refractivity contribution in [1.82, 2.24) is 4.98 Å². The molecule has 1 heterocycles. The molecule has 0 fully saturated rings. The fourth-order valence-electron chi connectivity index (χ4n) is 4.13. The van der Waals surface area contributed by atoms with Crippen LogP contribution in [0.15, 0.2) is 85.1 Å². The highest BCUT2D eigenvalue weighted by atomic mass is 16.6. The second kappa shape index (κ2) is 10.7. The standard InChI is InChI=1S/C28H27NO5/c1-3-32-27(30)26(28(31)33-4-2)25(23-18-29-24-16-9-8-15-22(23)24)19-11-10-14-21(17-19)34-20-12-6-5-7-13-20/h5-18,25-26,29H,3-4H2,1-2H3/t25-/m1/s1. The highest BCUT2D eigenvalue weighted by Crippen LogP contribution is 2.39. The Kier molecular flexibility index (Phi) is 7.28. The Morgan fingerprint density at radius 1 is 0.794 bits per heavy atom. The van der Waals surface area contributed by atoms with Gasteiger partial charge in [0.05, 0.1) is 13.2 Å². The number of aromatic nitrogens is 1. The zero-order valence-electron chi connectivity index (χ0n) is 19.2. The molecule has 1 N–H and O–H groups in total. The van der Waals surface area contributed by atoms with Crippen molar-refractivity contribution in [2.45, 2.75) is 19.8 Å². The predicted octanol–water partition coefficient (Wildman–Crippen LogP) is 5.83. The molecule has 1 atom stereocenters. The van der Waals surface area contributed by atoms with E-state index in [4.69, 9.17) is 14.2 Å². The van der Waals surface area contributed by atoms with E-state index in [2.05, 4.69) is 4.98 Å². The van der Waals surface area contributed by atoms with Crippen LogP contribution < -0.4 is 4.74 Å². The van der Waals surface area contributed by atoms with E-state index in [-0.39, 0.29) is 13.2 Å². The Labute approximate surface area is 198 Å².